The van der Waals surface area contributed by atoms with Gasteiger partial charge in [-0.05, 0) is 31.4 Å². The van der Waals surface area contributed by atoms with E-state index in [-0.39, 0.29) is 6.61 Å². The zero-order chi connectivity index (χ0) is 9.68. The molecule has 0 amide bonds. The summed E-state index contributed by atoms with van der Waals surface area (Å²) in [6.07, 6.45) is 2.80. The summed E-state index contributed by atoms with van der Waals surface area (Å²) in [5, 5.41) is 8.66. The fourth-order valence-electron chi connectivity index (χ4n) is 1.22. The van der Waals surface area contributed by atoms with Gasteiger partial charge in [0.05, 0.1) is 0 Å². The van der Waals surface area contributed by atoms with Crippen molar-refractivity contribution in [2.45, 2.75) is 20.3 Å². The second-order valence-corrected chi connectivity index (χ2v) is 3.27. The maximum absolute atomic E-state index is 8.66. The molecule has 0 fully saturated rings. The molecule has 0 bridgehead atoms. The van der Waals surface area contributed by atoms with E-state index in [1.807, 2.05) is 0 Å². The fourth-order valence-corrected chi connectivity index (χ4v) is 1.22. The zero-order valence-electron chi connectivity index (χ0n) is 8.25. The first-order valence-corrected chi connectivity index (χ1v) is 4.58. The van der Waals surface area contributed by atoms with Gasteiger partial charge in [-0.15, -0.1) is 0 Å². The molecule has 70 valence electrons. The van der Waals surface area contributed by atoms with Crippen LogP contribution in [0.1, 0.15) is 24.5 Å². The van der Waals surface area contributed by atoms with E-state index in [0.29, 0.717) is 0 Å². The van der Waals surface area contributed by atoms with Crippen LogP contribution in [0, 0.1) is 6.92 Å². The molecule has 0 heterocycles. The number of aliphatic hydroxyl groups excluding tert-OH is 1. The van der Waals surface area contributed by atoms with Crippen molar-refractivity contribution in [1.29, 1.82) is 0 Å². The summed E-state index contributed by atoms with van der Waals surface area (Å²) in [4.78, 5) is 0. The van der Waals surface area contributed by atoms with Gasteiger partial charge in [-0.2, -0.15) is 0 Å². The Kier molecular flexibility index (Phi) is 3.71. The van der Waals surface area contributed by atoms with E-state index in [0.717, 1.165) is 6.42 Å². The molecule has 1 heteroatoms. The van der Waals surface area contributed by atoms with E-state index in [1.54, 1.807) is 0 Å². The SMILES string of the molecule is C/C(=C\CCO)c1ccc(C)cc1. The second kappa shape index (κ2) is 4.83. The van der Waals surface area contributed by atoms with Crippen molar-refractivity contribution in [2.75, 3.05) is 6.61 Å². The number of benzene rings is 1. The van der Waals surface area contributed by atoms with Gasteiger partial charge in [-0.25, -0.2) is 0 Å². The van der Waals surface area contributed by atoms with Crippen LogP contribution in [0.2, 0.25) is 0 Å². The summed E-state index contributed by atoms with van der Waals surface area (Å²) in [6, 6.07) is 8.42. The molecule has 0 radical (unpaired) electrons. The molecular formula is C12H16O. The van der Waals surface area contributed by atoms with E-state index in [2.05, 4.69) is 44.2 Å². The Labute approximate surface area is 79.7 Å². The van der Waals surface area contributed by atoms with Crippen LogP contribution in [0.5, 0.6) is 0 Å². The number of aryl methyl sites for hydroxylation is 1. The lowest BCUT2D eigenvalue weighted by Crippen LogP contribution is -1.82. The highest BCUT2D eigenvalue weighted by Crippen LogP contribution is 2.14. The van der Waals surface area contributed by atoms with Crippen LogP contribution < -0.4 is 0 Å². The summed E-state index contributed by atoms with van der Waals surface area (Å²) < 4.78 is 0. The van der Waals surface area contributed by atoms with Crippen LogP contribution in [-0.2, 0) is 0 Å². The molecule has 1 nitrogen and oxygen atoms in total. The minimum Gasteiger partial charge on any atom is -0.396 e. The fraction of sp³-hybridized carbons (Fsp3) is 0.333. The highest BCUT2D eigenvalue weighted by molar-refractivity contribution is 5.63. The lowest BCUT2D eigenvalue weighted by Gasteiger charge is -2.01. The summed E-state index contributed by atoms with van der Waals surface area (Å²) in [5.74, 6) is 0. The number of aliphatic hydroxyl groups is 1. The Morgan fingerprint density at radius 2 is 1.92 bits per heavy atom. The summed E-state index contributed by atoms with van der Waals surface area (Å²) in [7, 11) is 0. The van der Waals surface area contributed by atoms with Crippen LogP contribution in [-0.4, -0.2) is 11.7 Å². The minimum absolute atomic E-state index is 0.225. The van der Waals surface area contributed by atoms with Crippen LogP contribution in [0.15, 0.2) is 30.3 Å². The van der Waals surface area contributed by atoms with Gasteiger partial charge in [0.2, 0.25) is 0 Å². The van der Waals surface area contributed by atoms with Crippen molar-refractivity contribution in [3.63, 3.8) is 0 Å². The molecule has 0 saturated carbocycles. The average molecular weight is 176 g/mol. The van der Waals surface area contributed by atoms with Gasteiger partial charge in [-0.1, -0.05) is 35.9 Å². The van der Waals surface area contributed by atoms with E-state index in [1.165, 1.54) is 16.7 Å². The molecule has 1 N–H and O–H groups in total. The molecule has 1 aromatic rings. The molecular weight excluding hydrogens is 160 g/mol. The highest BCUT2D eigenvalue weighted by atomic mass is 16.2. The van der Waals surface area contributed by atoms with Crippen molar-refractivity contribution < 1.29 is 5.11 Å². The maximum atomic E-state index is 8.66. The van der Waals surface area contributed by atoms with Gasteiger partial charge >= 0.3 is 0 Å². The molecule has 0 unspecified atom stereocenters. The first-order chi connectivity index (χ1) is 6.24. The quantitative estimate of drug-likeness (QED) is 0.750. The number of allylic oxidation sites excluding steroid dienone is 1. The van der Waals surface area contributed by atoms with Gasteiger partial charge in [-0.3, -0.25) is 0 Å². The smallest absolute Gasteiger partial charge is 0.0465 e. The molecule has 0 aliphatic rings. The summed E-state index contributed by atoms with van der Waals surface area (Å²) >= 11 is 0. The monoisotopic (exact) mass is 176 g/mol. The lowest BCUT2D eigenvalue weighted by atomic mass is 10.1. The van der Waals surface area contributed by atoms with Crippen LogP contribution in [0.25, 0.3) is 5.57 Å². The second-order valence-electron chi connectivity index (χ2n) is 3.27. The van der Waals surface area contributed by atoms with Crippen molar-refractivity contribution >= 4 is 5.57 Å². The van der Waals surface area contributed by atoms with E-state index >= 15 is 0 Å². The molecule has 0 aliphatic carbocycles. The number of hydrogen-bond donors (Lipinski definition) is 1. The third-order valence-electron chi connectivity index (χ3n) is 2.09. The largest absolute Gasteiger partial charge is 0.396 e. The van der Waals surface area contributed by atoms with Crippen LogP contribution in [0.4, 0.5) is 0 Å². The third kappa shape index (κ3) is 3.03. The van der Waals surface area contributed by atoms with Crippen molar-refractivity contribution in [3.05, 3.63) is 41.5 Å². The standard InChI is InChI=1S/C12H16O/c1-10-5-7-12(8-6-10)11(2)4-3-9-13/h4-8,13H,3,9H2,1-2H3/b11-4+. The molecule has 1 aromatic carbocycles. The first-order valence-electron chi connectivity index (χ1n) is 4.58. The summed E-state index contributed by atoms with van der Waals surface area (Å²) in [6.45, 7) is 4.38. The third-order valence-corrected chi connectivity index (χ3v) is 2.09. The Morgan fingerprint density at radius 1 is 1.31 bits per heavy atom. The first kappa shape index (κ1) is 10.0. The number of hydrogen-bond acceptors (Lipinski definition) is 1. The Morgan fingerprint density at radius 3 is 2.46 bits per heavy atom. The van der Waals surface area contributed by atoms with Gasteiger partial charge in [0.15, 0.2) is 0 Å². The molecule has 0 saturated heterocycles. The minimum atomic E-state index is 0.225. The van der Waals surface area contributed by atoms with Crippen molar-refractivity contribution in [3.8, 4) is 0 Å². The highest BCUT2D eigenvalue weighted by Gasteiger charge is 1.93. The Hall–Kier alpha value is -1.08. The van der Waals surface area contributed by atoms with E-state index in [9.17, 15) is 0 Å². The molecule has 0 aliphatic heterocycles. The van der Waals surface area contributed by atoms with Gasteiger partial charge in [0.1, 0.15) is 0 Å². The van der Waals surface area contributed by atoms with E-state index in [4.69, 9.17) is 5.11 Å². The normalized spacial score (nSPS) is 11.8. The molecule has 0 atom stereocenters. The van der Waals surface area contributed by atoms with Crippen molar-refractivity contribution in [2.24, 2.45) is 0 Å². The molecule has 0 spiro atoms. The molecule has 13 heavy (non-hydrogen) atoms. The Balaban J connectivity index is 2.77. The van der Waals surface area contributed by atoms with E-state index < -0.39 is 0 Å². The zero-order valence-corrected chi connectivity index (χ0v) is 8.25. The maximum Gasteiger partial charge on any atom is 0.0465 e. The molecule has 0 aromatic heterocycles. The predicted molar refractivity (Wildman–Crippen MR) is 56.5 cm³/mol. The topological polar surface area (TPSA) is 20.2 Å². The van der Waals surface area contributed by atoms with Crippen LogP contribution >= 0.6 is 0 Å². The molecule has 1 rings (SSSR count). The lowest BCUT2D eigenvalue weighted by molar-refractivity contribution is 0.303. The van der Waals surface area contributed by atoms with Crippen LogP contribution in [0.3, 0.4) is 0 Å². The summed E-state index contributed by atoms with van der Waals surface area (Å²) in [5.41, 5.74) is 3.74. The van der Waals surface area contributed by atoms with Crippen molar-refractivity contribution in [1.82, 2.24) is 0 Å². The average Bonchev–Trinajstić information content (AvgIpc) is 2.15. The Bertz CT molecular complexity index is 282. The number of rotatable bonds is 3. The van der Waals surface area contributed by atoms with Gasteiger partial charge < -0.3 is 5.11 Å². The predicted octanol–water partition coefficient (Wildman–Crippen LogP) is 2.78. The van der Waals surface area contributed by atoms with Gasteiger partial charge in [0, 0.05) is 6.61 Å². The van der Waals surface area contributed by atoms with Gasteiger partial charge in [0.25, 0.3) is 0 Å².